The molecule has 1 heterocycles. The summed E-state index contributed by atoms with van der Waals surface area (Å²) < 4.78 is 5.84. The second kappa shape index (κ2) is 5.64. The van der Waals surface area contributed by atoms with Gasteiger partial charge in [0.2, 0.25) is 0 Å². The number of ether oxygens (including phenoxy) is 1. The maximum atomic E-state index is 5.84. The standard InChI is InChI=1S/C17H25NO/c1-12(2)17-10-14(8-9-19-17)18-16-11-15(16)13-6-4-3-5-7-13/h3-7,12,14-18H,8-11H2,1-2H3. The summed E-state index contributed by atoms with van der Waals surface area (Å²) in [6.45, 7) is 5.44. The van der Waals surface area contributed by atoms with Gasteiger partial charge in [0.15, 0.2) is 0 Å². The van der Waals surface area contributed by atoms with Crippen LogP contribution in [-0.2, 0) is 4.74 Å². The first-order valence-electron chi connectivity index (χ1n) is 7.66. The van der Waals surface area contributed by atoms with Crippen LogP contribution in [0.5, 0.6) is 0 Å². The van der Waals surface area contributed by atoms with E-state index < -0.39 is 0 Å². The van der Waals surface area contributed by atoms with Crippen molar-refractivity contribution in [2.24, 2.45) is 5.92 Å². The lowest BCUT2D eigenvalue weighted by Gasteiger charge is -2.32. The molecule has 4 atom stereocenters. The Kier molecular flexibility index (Phi) is 3.90. The third-order valence-electron chi connectivity index (χ3n) is 4.53. The predicted molar refractivity (Wildman–Crippen MR) is 78.3 cm³/mol. The summed E-state index contributed by atoms with van der Waals surface area (Å²) in [7, 11) is 0. The van der Waals surface area contributed by atoms with Crippen molar-refractivity contribution in [2.75, 3.05) is 6.61 Å². The molecule has 3 rings (SSSR count). The van der Waals surface area contributed by atoms with Crippen LogP contribution in [0, 0.1) is 5.92 Å². The van der Waals surface area contributed by atoms with Crippen LogP contribution >= 0.6 is 0 Å². The molecule has 0 bridgehead atoms. The molecule has 1 aromatic rings. The van der Waals surface area contributed by atoms with Crippen molar-refractivity contribution in [2.45, 2.75) is 57.2 Å². The summed E-state index contributed by atoms with van der Waals surface area (Å²) >= 11 is 0. The highest BCUT2D eigenvalue weighted by Crippen LogP contribution is 2.41. The van der Waals surface area contributed by atoms with Crippen molar-refractivity contribution < 1.29 is 4.74 Å². The second-order valence-electron chi connectivity index (χ2n) is 6.40. The van der Waals surface area contributed by atoms with Crippen LogP contribution in [0.2, 0.25) is 0 Å². The Bertz CT molecular complexity index is 403. The van der Waals surface area contributed by atoms with Crippen molar-refractivity contribution >= 4 is 0 Å². The van der Waals surface area contributed by atoms with Crippen LogP contribution in [0.25, 0.3) is 0 Å². The van der Waals surface area contributed by atoms with Gasteiger partial charge >= 0.3 is 0 Å². The second-order valence-corrected chi connectivity index (χ2v) is 6.40. The molecular weight excluding hydrogens is 234 g/mol. The normalized spacial score (nSPS) is 34.5. The van der Waals surface area contributed by atoms with E-state index in [9.17, 15) is 0 Å². The van der Waals surface area contributed by atoms with Gasteiger partial charge in [0, 0.05) is 24.6 Å². The molecule has 0 radical (unpaired) electrons. The van der Waals surface area contributed by atoms with Gasteiger partial charge in [-0.25, -0.2) is 0 Å². The van der Waals surface area contributed by atoms with Crippen molar-refractivity contribution in [3.8, 4) is 0 Å². The number of nitrogens with one attached hydrogen (secondary N) is 1. The quantitative estimate of drug-likeness (QED) is 0.895. The molecule has 2 fully saturated rings. The Morgan fingerprint density at radius 1 is 1.16 bits per heavy atom. The first-order chi connectivity index (χ1) is 9.24. The highest BCUT2D eigenvalue weighted by Gasteiger charge is 2.40. The monoisotopic (exact) mass is 259 g/mol. The third kappa shape index (κ3) is 3.18. The van der Waals surface area contributed by atoms with Gasteiger partial charge in [-0.1, -0.05) is 44.2 Å². The SMILES string of the molecule is CC(C)C1CC(NC2CC2c2ccccc2)CCO1. The minimum atomic E-state index is 0.445. The van der Waals surface area contributed by atoms with Crippen LogP contribution in [0.15, 0.2) is 30.3 Å². The molecule has 0 spiro atoms. The molecule has 1 aromatic carbocycles. The maximum Gasteiger partial charge on any atom is 0.0612 e. The Labute approximate surface area is 116 Å². The van der Waals surface area contributed by atoms with Crippen molar-refractivity contribution in [1.82, 2.24) is 5.32 Å². The lowest BCUT2D eigenvalue weighted by Crippen LogP contribution is -2.42. The largest absolute Gasteiger partial charge is 0.378 e. The van der Waals surface area contributed by atoms with Gasteiger partial charge in [-0.3, -0.25) is 0 Å². The molecule has 1 N–H and O–H groups in total. The van der Waals surface area contributed by atoms with Gasteiger partial charge in [0.05, 0.1) is 6.10 Å². The molecule has 1 aliphatic heterocycles. The van der Waals surface area contributed by atoms with Gasteiger partial charge in [0.25, 0.3) is 0 Å². The lowest BCUT2D eigenvalue weighted by molar-refractivity contribution is -0.0246. The van der Waals surface area contributed by atoms with Crippen LogP contribution in [0.1, 0.15) is 44.6 Å². The summed E-state index contributed by atoms with van der Waals surface area (Å²) in [5.74, 6) is 1.37. The van der Waals surface area contributed by atoms with Crippen molar-refractivity contribution in [3.63, 3.8) is 0 Å². The Morgan fingerprint density at radius 2 is 1.95 bits per heavy atom. The third-order valence-corrected chi connectivity index (χ3v) is 4.53. The van der Waals surface area contributed by atoms with Crippen LogP contribution in [0.3, 0.4) is 0 Å². The molecule has 2 aliphatic rings. The predicted octanol–water partition coefficient (Wildman–Crippen LogP) is 3.34. The summed E-state index contributed by atoms with van der Waals surface area (Å²) in [5, 5.41) is 3.85. The average Bonchev–Trinajstić information content (AvgIpc) is 3.19. The Morgan fingerprint density at radius 3 is 2.68 bits per heavy atom. The summed E-state index contributed by atoms with van der Waals surface area (Å²) in [6.07, 6.45) is 4.09. The minimum absolute atomic E-state index is 0.445. The Balaban J connectivity index is 1.51. The molecule has 1 saturated carbocycles. The van der Waals surface area contributed by atoms with Crippen LogP contribution < -0.4 is 5.32 Å². The molecular formula is C17H25NO. The zero-order valence-electron chi connectivity index (χ0n) is 12.0. The number of benzene rings is 1. The highest BCUT2D eigenvalue weighted by molar-refractivity contribution is 5.27. The molecule has 19 heavy (non-hydrogen) atoms. The fraction of sp³-hybridized carbons (Fsp3) is 0.647. The molecule has 4 unspecified atom stereocenters. The zero-order valence-corrected chi connectivity index (χ0v) is 12.0. The number of rotatable bonds is 4. The van der Waals surface area contributed by atoms with E-state index in [0.717, 1.165) is 12.5 Å². The van der Waals surface area contributed by atoms with Crippen LogP contribution in [0.4, 0.5) is 0 Å². The fourth-order valence-electron chi connectivity index (χ4n) is 3.19. The first kappa shape index (κ1) is 13.1. The minimum Gasteiger partial charge on any atom is -0.378 e. The van der Waals surface area contributed by atoms with Gasteiger partial charge in [-0.2, -0.15) is 0 Å². The summed E-state index contributed by atoms with van der Waals surface area (Å²) in [4.78, 5) is 0. The smallest absolute Gasteiger partial charge is 0.0612 e. The van der Waals surface area contributed by atoms with Crippen LogP contribution in [-0.4, -0.2) is 24.8 Å². The van der Waals surface area contributed by atoms with E-state index in [1.54, 1.807) is 0 Å². The molecule has 104 valence electrons. The topological polar surface area (TPSA) is 21.3 Å². The zero-order chi connectivity index (χ0) is 13.2. The van der Waals surface area contributed by atoms with E-state index in [-0.39, 0.29) is 0 Å². The summed E-state index contributed by atoms with van der Waals surface area (Å²) in [5.41, 5.74) is 1.49. The fourth-order valence-corrected chi connectivity index (χ4v) is 3.19. The van der Waals surface area contributed by atoms with E-state index in [4.69, 9.17) is 4.74 Å². The molecule has 1 saturated heterocycles. The van der Waals surface area contributed by atoms with Gasteiger partial charge in [0.1, 0.15) is 0 Å². The molecule has 1 aliphatic carbocycles. The van der Waals surface area contributed by atoms with Gasteiger partial charge in [-0.05, 0) is 30.7 Å². The highest BCUT2D eigenvalue weighted by atomic mass is 16.5. The van der Waals surface area contributed by atoms with E-state index in [2.05, 4.69) is 49.5 Å². The summed E-state index contributed by atoms with van der Waals surface area (Å²) in [6, 6.07) is 12.3. The maximum absolute atomic E-state index is 5.84. The molecule has 2 heteroatoms. The molecule has 0 aromatic heterocycles. The van der Waals surface area contributed by atoms with E-state index in [1.165, 1.54) is 24.8 Å². The van der Waals surface area contributed by atoms with E-state index in [0.29, 0.717) is 24.1 Å². The van der Waals surface area contributed by atoms with Gasteiger partial charge in [-0.15, -0.1) is 0 Å². The average molecular weight is 259 g/mol. The van der Waals surface area contributed by atoms with Crippen molar-refractivity contribution in [1.29, 1.82) is 0 Å². The molecule has 0 amide bonds. The number of hydrogen-bond donors (Lipinski definition) is 1. The van der Waals surface area contributed by atoms with Crippen molar-refractivity contribution in [3.05, 3.63) is 35.9 Å². The lowest BCUT2D eigenvalue weighted by atomic mass is 9.95. The number of hydrogen-bond acceptors (Lipinski definition) is 2. The van der Waals surface area contributed by atoms with E-state index >= 15 is 0 Å². The van der Waals surface area contributed by atoms with E-state index in [1.807, 2.05) is 0 Å². The first-order valence-corrected chi connectivity index (χ1v) is 7.66. The van der Waals surface area contributed by atoms with Gasteiger partial charge < -0.3 is 10.1 Å². The Hall–Kier alpha value is -0.860. The molecule has 2 nitrogen and oxygen atoms in total.